The number of rotatable bonds is 12. The molecular formula is C45H47F7N6O6. The Hall–Kier alpha value is -6.27. The average molecular weight is 901 g/mol. The molecule has 64 heavy (non-hydrogen) atoms. The van der Waals surface area contributed by atoms with Gasteiger partial charge in [-0.15, -0.1) is 0 Å². The molecule has 1 amide bonds. The maximum absolute atomic E-state index is 17.6. The highest BCUT2D eigenvalue weighted by Gasteiger charge is 2.46. The number of nitrogens with zero attached hydrogens (tertiary/aromatic N) is 6. The van der Waals surface area contributed by atoms with Crippen LogP contribution < -0.4 is 28.7 Å². The molecule has 4 heterocycles. The Bertz CT molecular complexity index is 2430. The second-order valence-corrected chi connectivity index (χ2v) is 16.6. The lowest BCUT2D eigenvalue weighted by Gasteiger charge is -2.42. The van der Waals surface area contributed by atoms with Crippen LogP contribution in [0.4, 0.5) is 47.0 Å². The van der Waals surface area contributed by atoms with Gasteiger partial charge in [-0.2, -0.15) is 36.3 Å². The molecule has 5 aromatic rings. The summed E-state index contributed by atoms with van der Waals surface area (Å²) in [4.78, 5) is 31.2. The number of benzene rings is 3. The molecule has 342 valence electrons. The number of amides is 1. The monoisotopic (exact) mass is 900 g/mol. The van der Waals surface area contributed by atoms with Crippen LogP contribution >= 0.6 is 0 Å². The lowest BCUT2D eigenvalue weighted by molar-refractivity contribution is -0.154. The summed E-state index contributed by atoms with van der Waals surface area (Å²) in [5, 5.41) is 0.0764. The number of ether oxygens (including phenoxy) is 5. The first-order valence-electron chi connectivity index (χ1n) is 20.3. The molecular weight excluding hydrogens is 854 g/mol. The highest BCUT2D eigenvalue weighted by atomic mass is 19.4. The zero-order chi connectivity index (χ0) is 46.3. The van der Waals surface area contributed by atoms with Crippen molar-refractivity contribution in [2.45, 2.75) is 83.7 Å². The van der Waals surface area contributed by atoms with Gasteiger partial charge in [0.25, 0.3) is 0 Å². The van der Waals surface area contributed by atoms with Gasteiger partial charge in [0.2, 0.25) is 0 Å². The van der Waals surface area contributed by atoms with Crippen LogP contribution in [0, 0.1) is 12.7 Å². The molecule has 2 unspecified atom stereocenters. The third-order valence-electron chi connectivity index (χ3n) is 11.0. The van der Waals surface area contributed by atoms with Crippen LogP contribution in [0.25, 0.3) is 22.2 Å². The molecule has 2 bridgehead atoms. The van der Waals surface area contributed by atoms with Crippen molar-refractivity contribution in [3.05, 3.63) is 88.9 Å². The third kappa shape index (κ3) is 9.77. The van der Waals surface area contributed by atoms with Crippen LogP contribution in [0.1, 0.15) is 55.9 Å². The van der Waals surface area contributed by atoms with Gasteiger partial charge in [0.1, 0.15) is 34.1 Å². The van der Waals surface area contributed by atoms with E-state index in [-0.39, 0.29) is 66.2 Å². The summed E-state index contributed by atoms with van der Waals surface area (Å²) in [6, 6.07) is 13.4. The van der Waals surface area contributed by atoms with Gasteiger partial charge in [0.05, 0.1) is 55.6 Å². The maximum Gasteiger partial charge on any atom is 0.422 e. The number of hydrogen-bond donors (Lipinski definition) is 0. The van der Waals surface area contributed by atoms with Gasteiger partial charge in [-0.3, -0.25) is 9.88 Å². The second-order valence-electron chi connectivity index (χ2n) is 16.6. The van der Waals surface area contributed by atoms with Gasteiger partial charge in [0.15, 0.2) is 18.2 Å². The van der Waals surface area contributed by atoms with Gasteiger partial charge >= 0.3 is 24.5 Å². The van der Waals surface area contributed by atoms with Crippen LogP contribution in [0.5, 0.6) is 23.3 Å². The molecule has 0 spiro atoms. The number of methoxy groups -OCH3 is 3. The quantitative estimate of drug-likeness (QED) is 0.112. The Labute approximate surface area is 364 Å². The molecule has 3 aromatic carbocycles. The highest BCUT2D eigenvalue weighted by molar-refractivity contribution is 5.98. The predicted molar refractivity (Wildman–Crippen MR) is 224 cm³/mol. The minimum Gasteiger partial charge on any atom is -0.497 e. The summed E-state index contributed by atoms with van der Waals surface area (Å²) in [5.74, 6) is -0.595. The molecule has 0 N–H and O–H groups in total. The molecule has 7 rings (SSSR count). The van der Waals surface area contributed by atoms with E-state index in [1.54, 1.807) is 84.0 Å². The molecule has 2 aromatic heterocycles. The number of piperazine rings is 1. The SMILES string of the molecule is COc1ccc(CN(Cc2ccc(OC)cc2)c2cc(C)c(C(F)(F)F)c(-c3ncc4c(N5CC6CCC(C5)N6C(=O)OC(C)(C)C)nc(OCC(F)(F)F)nc4c3OC)c2F)cc1. The van der Waals surface area contributed by atoms with Crippen LogP contribution in [-0.2, 0) is 24.0 Å². The minimum absolute atomic E-state index is 0.0341. The van der Waals surface area contributed by atoms with Crippen LogP contribution in [0.3, 0.4) is 0 Å². The Morgan fingerprint density at radius 2 is 1.39 bits per heavy atom. The Morgan fingerprint density at radius 1 is 0.828 bits per heavy atom. The van der Waals surface area contributed by atoms with E-state index in [0.29, 0.717) is 35.5 Å². The number of carbonyl (C=O) groups excluding carboxylic acids is 1. The van der Waals surface area contributed by atoms with Crippen molar-refractivity contribution in [1.29, 1.82) is 0 Å². The van der Waals surface area contributed by atoms with Crippen molar-refractivity contribution < 1.29 is 59.2 Å². The topological polar surface area (TPSA) is 112 Å². The van der Waals surface area contributed by atoms with Crippen LogP contribution in [-0.4, -0.2) is 90.8 Å². The summed E-state index contributed by atoms with van der Waals surface area (Å²) >= 11 is 0. The van der Waals surface area contributed by atoms with E-state index >= 15 is 17.6 Å². The number of pyridine rings is 1. The molecule has 2 saturated heterocycles. The van der Waals surface area contributed by atoms with Gasteiger partial charge in [-0.1, -0.05) is 24.3 Å². The number of anilines is 2. The number of halogens is 7. The molecule has 2 fully saturated rings. The zero-order valence-corrected chi connectivity index (χ0v) is 36.2. The summed E-state index contributed by atoms with van der Waals surface area (Å²) in [6.45, 7) is 5.06. The summed E-state index contributed by atoms with van der Waals surface area (Å²) in [6.07, 6.45) is -8.11. The number of fused-ring (bicyclic) bond motifs is 3. The zero-order valence-electron chi connectivity index (χ0n) is 36.2. The van der Waals surface area contributed by atoms with Crippen LogP contribution in [0.2, 0.25) is 0 Å². The smallest absolute Gasteiger partial charge is 0.422 e. The first-order valence-corrected chi connectivity index (χ1v) is 20.3. The molecule has 0 radical (unpaired) electrons. The van der Waals surface area contributed by atoms with Crippen LogP contribution in [0.15, 0.2) is 60.8 Å². The highest BCUT2D eigenvalue weighted by Crippen LogP contribution is 2.48. The van der Waals surface area contributed by atoms with Gasteiger partial charge < -0.3 is 33.5 Å². The van der Waals surface area contributed by atoms with Crippen molar-refractivity contribution in [3.63, 3.8) is 0 Å². The molecule has 2 atom stereocenters. The van der Waals surface area contributed by atoms with E-state index in [4.69, 9.17) is 23.7 Å². The summed E-state index contributed by atoms with van der Waals surface area (Å²) < 4.78 is 131. The molecule has 0 saturated carbocycles. The van der Waals surface area contributed by atoms with Gasteiger partial charge in [-0.25, -0.2) is 9.18 Å². The van der Waals surface area contributed by atoms with Gasteiger partial charge in [-0.05, 0) is 87.6 Å². The Morgan fingerprint density at radius 3 is 1.88 bits per heavy atom. The third-order valence-corrected chi connectivity index (χ3v) is 11.0. The van der Waals surface area contributed by atoms with E-state index < -0.39 is 65.1 Å². The standard InChI is InChI=1S/C45H47F7N6O6/c1-25-18-33(56(20-26-8-14-30(60-5)15-9-26)21-27-10-16-31(61-6)17-11-27)36(46)34(35(25)45(50,51)52)38-39(62-7)37-32(19-53-38)40(55-41(54-37)63-24-44(47,48)49)57-22-28-12-13-29(23-57)58(28)42(59)64-43(2,3)4/h8-11,14-19,28-29H,12-13,20-24H2,1-7H3. The lowest BCUT2D eigenvalue weighted by atomic mass is 9.94. The fourth-order valence-corrected chi connectivity index (χ4v) is 8.26. The van der Waals surface area contributed by atoms with E-state index in [9.17, 15) is 18.0 Å². The Balaban J connectivity index is 1.39. The predicted octanol–water partition coefficient (Wildman–Crippen LogP) is 9.92. The minimum atomic E-state index is -5.12. The number of aryl methyl sites for hydroxylation is 1. The maximum atomic E-state index is 17.6. The van der Waals surface area contributed by atoms with E-state index in [2.05, 4.69) is 15.0 Å². The normalized spacial score (nSPS) is 16.5. The molecule has 2 aliphatic heterocycles. The number of carbonyl (C=O) groups is 1. The summed E-state index contributed by atoms with van der Waals surface area (Å²) in [5.41, 5.74) is -3.13. The number of alkyl halides is 6. The van der Waals surface area contributed by atoms with E-state index in [1.807, 2.05) is 0 Å². The largest absolute Gasteiger partial charge is 0.497 e. The first-order chi connectivity index (χ1) is 30.2. The molecule has 19 heteroatoms. The summed E-state index contributed by atoms with van der Waals surface area (Å²) in [7, 11) is 4.12. The Kier molecular flexibility index (Phi) is 12.7. The fourth-order valence-electron chi connectivity index (χ4n) is 8.26. The lowest BCUT2D eigenvalue weighted by Crippen LogP contribution is -2.57. The van der Waals surface area contributed by atoms with Crippen molar-refractivity contribution >= 4 is 28.5 Å². The van der Waals surface area contributed by atoms with Gasteiger partial charge in [0, 0.05) is 32.4 Å². The second kappa shape index (κ2) is 17.7. The average Bonchev–Trinajstić information content (AvgIpc) is 3.50. The molecule has 2 aliphatic rings. The van der Waals surface area contributed by atoms with E-state index in [1.165, 1.54) is 21.1 Å². The molecule has 0 aliphatic carbocycles. The van der Waals surface area contributed by atoms with Crippen molar-refractivity contribution in [3.8, 4) is 34.5 Å². The molecule has 12 nitrogen and oxygen atoms in total. The van der Waals surface area contributed by atoms with Crippen molar-refractivity contribution in [2.75, 3.05) is 50.8 Å². The number of aromatic nitrogens is 3. The van der Waals surface area contributed by atoms with E-state index in [0.717, 1.165) is 19.4 Å². The fraction of sp³-hybridized carbons (Fsp3) is 0.422. The first kappa shape index (κ1) is 45.7. The van der Waals surface area contributed by atoms with Crippen molar-refractivity contribution in [2.24, 2.45) is 0 Å². The van der Waals surface area contributed by atoms with Crippen molar-refractivity contribution in [1.82, 2.24) is 19.9 Å². The number of hydrogen-bond acceptors (Lipinski definition) is 11.